The van der Waals surface area contributed by atoms with Crippen molar-refractivity contribution in [1.29, 1.82) is 0 Å². The molecule has 1 saturated carbocycles. The zero-order chi connectivity index (χ0) is 12.8. The predicted octanol–water partition coefficient (Wildman–Crippen LogP) is 1.96. The fourth-order valence-electron chi connectivity index (χ4n) is 2.52. The van der Waals surface area contributed by atoms with Crippen LogP contribution in [0.15, 0.2) is 0 Å². The van der Waals surface area contributed by atoms with Crippen LogP contribution in [0.5, 0.6) is 0 Å². The van der Waals surface area contributed by atoms with Crippen LogP contribution in [0.3, 0.4) is 0 Å². The maximum absolute atomic E-state index is 11.8. The SMILES string of the molecule is CCCOC1CCC(=O)[C@@H](C(=O)OC)[C@H]1CC. The number of methoxy groups -OCH3 is 1. The molecule has 0 spiro atoms. The molecule has 4 heteroatoms. The highest BCUT2D eigenvalue weighted by atomic mass is 16.5. The Morgan fingerprint density at radius 2 is 2.12 bits per heavy atom. The van der Waals surface area contributed by atoms with Crippen molar-refractivity contribution < 1.29 is 19.1 Å². The van der Waals surface area contributed by atoms with E-state index >= 15 is 0 Å². The van der Waals surface area contributed by atoms with E-state index in [0.717, 1.165) is 19.3 Å². The van der Waals surface area contributed by atoms with Gasteiger partial charge >= 0.3 is 5.97 Å². The lowest BCUT2D eigenvalue weighted by Crippen LogP contribution is -2.44. The zero-order valence-electron chi connectivity index (χ0n) is 10.9. The van der Waals surface area contributed by atoms with Crippen molar-refractivity contribution in [3.05, 3.63) is 0 Å². The van der Waals surface area contributed by atoms with Gasteiger partial charge in [-0.15, -0.1) is 0 Å². The normalized spacial score (nSPS) is 29.1. The number of Topliss-reactive ketones (excluding diaryl/α,β-unsaturated/α-hetero) is 1. The van der Waals surface area contributed by atoms with Gasteiger partial charge in [0, 0.05) is 18.9 Å². The minimum Gasteiger partial charge on any atom is -0.468 e. The third kappa shape index (κ3) is 3.28. The number of esters is 1. The molecule has 3 atom stereocenters. The first-order valence-corrected chi connectivity index (χ1v) is 6.37. The van der Waals surface area contributed by atoms with Crippen LogP contribution in [0.25, 0.3) is 0 Å². The molecule has 0 amide bonds. The lowest BCUT2D eigenvalue weighted by atomic mass is 9.75. The lowest BCUT2D eigenvalue weighted by molar-refractivity contribution is -0.158. The molecule has 1 rings (SSSR count). The Balaban J connectivity index is 2.77. The van der Waals surface area contributed by atoms with Crippen molar-refractivity contribution in [2.75, 3.05) is 13.7 Å². The molecule has 98 valence electrons. The van der Waals surface area contributed by atoms with E-state index in [9.17, 15) is 9.59 Å². The van der Waals surface area contributed by atoms with Gasteiger partial charge in [-0.25, -0.2) is 0 Å². The number of ketones is 1. The number of rotatable bonds is 5. The molecule has 0 radical (unpaired) electrons. The van der Waals surface area contributed by atoms with Crippen LogP contribution in [-0.4, -0.2) is 31.6 Å². The molecular formula is C13H22O4. The molecule has 1 aliphatic rings. The predicted molar refractivity (Wildman–Crippen MR) is 63.6 cm³/mol. The van der Waals surface area contributed by atoms with Crippen molar-refractivity contribution >= 4 is 11.8 Å². The third-order valence-corrected chi connectivity index (χ3v) is 3.39. The van der Waals surface area contributed by atoms with Gasteiger partial charge in [-0.2, -0.15) is 0 Å². The first-order valence-electron chi connectivity index (χ1n) is 6.37. The second-order valence-corrected chi connectivity index (χ2v) is 4.49. The fourth-order valence-corrected chi connectivity index (χ4v) is 2.52. The summed E-state index contributed by atoms with van der Waals surface area (Å²) in [6.07, 6.45) is 2.88. The molecule has 17 heavy (non-hydrogen) atoms. The summed E-state index contributed by atoms with van der Waals surface area (Å²) in [5.41, 5.74) is 0. The highest BCUT2D eigenvalue weighted by Crippen LogP contribution is 2.33. The highest BCUT2D eigenvalue weighted by Gasteiger charge is 2.42. The maximum atomic E-state index is 11.8. The summed E-state index contributed by atoms with van der Waals surface area (Å²) in [4.78, 5) is 23.5. The van der Waals surface area contributed by atoms with Gasteiger partial charge in [-0.1, -0.05) is 13.8 Å². The van der Waals surface area contributed by atoms with E-state index < -0.39 is 11.9 Å². The van der Waals surface area contributed by atoms with Crippen LogP contribution in [0, 0.1) is 11.8 Å². The van der Waals surface area contributed by atoms with Gasteiger partial charge < -0.3 is 9.47 Å². The zero-order valence-corrected chi connectivity index (χ0v) is 10.9. The van der Waals surface area contributed by atoms with Crippen LogP contribution in [-0.2, 0) is 19.1 Å². The van der Waals surface area contributed by atoms with E-state index in [1.54, 1.807) is 0 Å². The molecule has 1 aliphatic carbocycles. The summed E-state index contributed by atoms with van der Waals surface area (Å²) in [6, 6.07) is 0. The first kappa shape index (κ1) is 14.2. The average molecular weight is 242 g/mol. The molecule has 0 heterocycles. The third-order valence-electron chi connectivity index (χ3n) is 3.39. The largest absolute Gasteiger partial charge is 0.468 e. The maximum Gasteiger partial charge on any atom is 0.316 e. The average Bonchev–Trinajstić information content (AvgIpc) is 2.35. The molecule has 0 bridgehead atoms. The standard InChI is InChI=1S/C13H22O4/c1-4-8-17-11-7-6-10(14)12(9(11)5-2)13(15)16-3/h9,11-12H,4-8H2,1-3H3/t9-,11?,12-/m0/s1. The smallest absolute Gasteiger partial charge is 0.316 e. The van der Waals surface area contributed by atoms with Crippen molar-refractivity contribution in [3.8, 4) is 0 Å². The summed E-state index contributed by atoms with van der Waals surface area (Å²) in [7, 11) is 1.33. The van der Waals surface area contributed by atoms with Crippen molar-refractivity contribution in [3.63, 3.8) is 0 Å². The Hall–Kier alpha value is -0.900. The van der Waals surface area contributed by atoms with E-state index in [0.29, 0.717) is 13.0 Å². The van der Waals surface area contributed by atoms with Crippen molar-refractivity contribution in [2.45, 2.75) is 45.6 Å². The summed E-state index contributed by atoms with van der Waals surface area (Å²) < 4.78 is 10.5. The second kappa shape index (κ2) is 6.74. The van der Waals surface area contributed by atoms with Gasteiger partial charge in [0.2, 0.25) is 0 Å². The Labute approximate surface area is 103 Å². The van der Waals surface area contributed by atoms with Gasteiger partial charge in [0.05, 0.1) is 13.2 Å². The number of hydrogen-bond donors (Lipinski definition) is 0. The van der Waals surface area contributed by atoms with E-state index in [4.69, 9.17) is 9.47 Å². The Morgan fingerprint density at radius 3 is 2.65 bits per heavy atom. The molecule has 0 N–H and O–H groups in total. The molecule has 1 fully saturated rings. The van der Waals surface area contributed by atoms with Gasteiger partial charge in [0.25, 0.3) is 0 Å². The van der Waals surface area contributed by atoms with Gasteiger partial charge in [-0.3, -0.25) is 9.59 Å². The fraction of sp³-hybridized carbons (Fsp3) is 0.846. The molecule has 1 unspecified atom stereocenters. The Morgan fingerprint density at radius 1 is 1.41 bits per heavy atom. The summed E-state index contributed by atoms with van der Waals surface area (Å²) in [5.74, 6) is -1.07. The molecule has 0 aromatic carbocycles. The Bertz CT molecular complexity index is 267. The minimum absolute atomic E-state index is 0.0000449. The second-order valence-electron chi connectivity index (χ2n) is 4.49. The number of ether oxygens (including phenoxy) is 2. The van der Waals surface area contributed by atoms with E-state index in [1.165, 1.54) is 7.11 Å². The number of carbonyl (C=O) groups excluding carboxylic acids is 2. The summed E-state index contributed by atoms with van der Waals surface area (Å²) in [6.45, 7) is 4.72. The first-order chi connectivity index (χ1) is 8.15. The van der Waals surface area contributed by atoms with E-state index in [1.807, 2.05) is 13.8 Å². The molecular weight excluding hydrogens is 220 g/mol. The number of hydrogen-bond acceptors (Lipinski definition) is 4. The van der Waals surface area contributed by atoms with Crippen molar-refractivity contribution in [2.24, 2.45) is 11.8 Å². The van der Waals surface area contributed by atoms with Crippen LogP contribution in [0.2, 0.25) is 0 Å². The molecule has 4 nitrogen and oxygen atoms in total. The van der Waals surface area contributed by atoms with E-state index in [2.05, 4.69) is 0 Å². The molecule has 0 saturated heterocycles. The van der Waals surface area contributed by atoms with E-state index in [-0.39, 0.29) is 17.8 Å². The monoisotopic (exact) mass is 242 g/mol. The molecule has 0 aromatic rings. The number of carbonyl (C=O) groups is 2. The Kier molecular flexibility index (Phi) is 5.62. The summed E-state index contributed by atoms with van der Waals surface area (Å²) in [5, 5.41) is 0. The quantitative estimate of drug-likeness (QED) is 0.546. The lowest BCUT2D eigenvalue weighted by Gasteiger charge is -2.35. The van der Waals surface area contributed by atoms with Crippen molar-refractivity contribution in [1.82, 2.24) is 0 Å². The van der Waals surface area contributed by atoms with Gasteiger partial charge in [-0.05, 0) is 19.3 Å². The van der Waals surface area contributed by atoms with Crippen LogP contribution in [0.4, 0.5) is 0 Å². The van der Waals surface area contributed by atoms with Crippen LogP contribution in [0.1, 0.15) is 39.5 Å². The highest BCUT2D eigenvalue weighted by molar-refractivity contribution is 5.99. The van der Waals surface area contributed by atoms with Gasteiger partial charge in [0.15, 0.2) is 0 Å². The van der Waals surface area contributed by atoms with Crippen LogP contribution >= 0.6 is 0 Å². The molecule has 0 aliphatic heterocycles. The molecule has 0 aromatic heterocycles. The summed E-state index contributed by atoms with van der Waals surface area (Å²) >= 11 is 0. The van der Waals surface area contributed by atoms with Crippen LogP contribution < -0.4 is 0 Å². The minimum atomic E-state index is -0.624. The topological polar surface area (TPSA) is 52.6 Å². The van der Waals surface area contributed by atoms with Gasteiger partial charge in [0.1, 0.15) is 11.7 Å².